The summed E-state index contributed by atoms with van der Waals surface area (Å²) in [5, 5.41) is 8.85. The first-order valence-electron chi connectivity index (χ1n) is 4.96. The van der Waals surface area contributed by atoms with Crippen LogP contribution in [0.25, 0.3) is 0 Å². The van der Waals surface area contributed by atoms with Crippen molar-refractivity contribution in [3.05, 3.63) is 28.5 Å². The van der Waals surface area contributed by atoms with Crippen LogP contribution in [0.4, 0.5) is 4.39 Å². The lowest BCUT2D eigenvalue weighted by Gasteiger charge is -2.13. The molecular weight excluding hydrogens is 265 g/mol. The Labute approximate surface area is 108 Å². The molecule has 0 spiro atoms. The zero-order valence-electron chi connectivity index (χ0n) is 9.24. The highest BCUT2D eigenvalue weighted by Gasteiger charge is 2.14. The highest BCUT2D eigenvalue weighted by molar-refractivity contribution is 7.98. The molecule has 0 radical (unpaired) electrons. The minimum atomic E-state index is -0.923. The summed E-state index contributed by atoms with van der Waals surface area (Å²) >= 11 is 7.13. The molecule has 0 fully saturated rings. The predicted octanol–water partition coefficient (Wildman–Crippen LogP) is 3.07. The molecule has 1 aromatic rings. The van der Waals surface area contributed by atoms with Crippen molar-refractivity contribution in [3.8, 4) is 0 Å². The molecule has 0 amide bonds. The zero-order chi connectivity index (χ0) is 13.0. The number of hydrogen-bond donors (Lipinski definition) is 2. The second kappa shape index (κ2) is 6.23. The fourth-order valence-corrected chi connectivity index (χ4v) is 2.39. The standard InChI is InChI=1S/C11H13ClFNO2S/c1-17-11-7(12)4-6(5-8(11)13)9(14)2-3-10(15)16/h4-5,9H,2-3,14H2,1H3,(H,15,16). The van der Waals surface area contributed by atoms with Crippen LogP contribution in [-0.2, 0) is 4.79 Å². The Kier molecular flexibility index (Phi) is 5.24. The minimum absolute atomic E-state index is 0.0509. The van der Waals surface area contributed by atoms with Crippen molar-refractivity contribution in [1.82, 2.24) is 0 Å². The molecular formula is C11H13ClFNO2S. The molecule has 17 heavy (non-hydrogen) atoms. The van der Waals surface area contributed by atoms with Gasteiger partial charge in [0.1, 0.15) is 5.82 Å². The second-order valence-electron chi connectivity index (χ2n) is 3.56. The van der Waals surface area contributed by atoms with Crippen LogP contribution in [0, 0.1) is 5.82 Å². The maximum Gasteiger partial charge on any atom is 0.303 e. The molecule has 0 heterocycles. The lowest BCUT2D eigenvalue weighted by atomic mass is 10.0. The fourth-order valence-electron chi connectivity index (χ4n) is 1.43. The number of halogens is 2. The van der Waals surface area contributed by atoms with Crippen molar-refractivity contribution >= 4 is 29.3 Å². The number of benzene rings is 1. The van der Waals surface area contributed by atoms with Gasteiger partial charge in [0.05, 0.1) is 9.92 Å². The monoisotopic (exact) mass is 277 g/mol. The van der Waals surface area contributed by atoms with Crippen LogP contribution < -0.4 is 5.73 Å². The number of hydrogen-bond acceptors (Lipinski definition) is 3. The number of carboxylic acid groups (broad SMARTS) is 1. The number of thioether (sulfide) groups is 1. The lowest BCUT2D eigenvalue weighted by molar-refractivity contribution is -0.137. The van der Waals surface area contributed by atoms with Gasteiger partial charge < -0.3 is 10.8 Å². The summed E-state index contributed by atoms with van der Waals surface area (Å²) in [6.45, 7) is 0. The van der Waals surface area contributed by atoms with Crippen LogP contribution in [0.15, 0.2) is 17.0 Å². The molecule has 6 heteroatoms. The van der Waals surface area contributed by atoms with Crippen LogP contribution in [-0.4, -0.2) is 17.3 Å². The van der Waals surface area contributed by atoms with Crippen molar-refractivity contribution in [2.75, 3.05) is 6.26 Å². The minimum Gasteiger partial charge on any atom is -0.481 e. The van der Waals surface area contributed by atoms with Crippen molar-refractivity contribution in [1.29, 1.82) is 0 Å². The number of carboxylic acids is 1. The van der Waals surface area contributed by atoms with Gasteiger partial charge in [-0.05, 0) is 30.4 Å². The Morgan fingerprint density at radius 1 is 1.65 bits per heavy atom. The topological polar surface area (TPSA) is 63.3 Å². The first kappa shape index (κ1) is 14.3. The van der Waals surface area contributed by atoms with Gasteiger partial charge in [0, 0.05) is 12.5 Å². The van der Waals surface area contributed by atoms with E-state index in [2.05, 4.69) is 0 Å². The van der Waals surface area contributed by atoms with E-state index in [0.29, 0.717) is 15.5 Å². The van der Waals surface area contributed by atoms with Crippen molar-refractivity contribution in [2.45, 2.75) is 23.8 Å². The van der Waals surface area contributed by atoms with Gasteiger partial charge >= 0.3 is 5.97 Å². The van der Waals surface area contributed by atoms with Crippen LogP contribution in [0.2, 0.25) is 5.02 Å². The van der Waals surface area contributed by atoms with E-state index in [9.17, 15) is 9.18 Å². The highest BCUT2D eigenvalue weighted by Crippen LogP contribution is 2.31. The number of nitrogens with two attached hydrogens (primary N) is 1. The van der Waals surface area contributed by atoms with Gasteiger partial charge in [-0.15, -0.1) is 11.8 Å². The number of carbonyl (C=O) groups is 1. The van der Waals surface area contributed by atoms with Crippen LogP contribution in [0.1, 0.15) is 24.4 Å². The molecule has 0 aliphatic rings. The van der Waals surface area contributed by atoms with E-state index in [-0.39, 0.29) is 12.8 Å². The third-order valence-electron chi connectivity index (χ3n) is 2.32. The molecule has 0 aliphatic carbocycles. The quantitative estimate of drug-likeness (QED) is 0.812. The Morgan fingerprint density at radius 3 is 2.76 bits per heavy atom. The van der Waals surface area contributed by atoms with Gasteiger partial charge in [-0.2, -0.15) is 0 Å². The van der Waals surface area contributed by atoms with Crippen LogP contribution >= 0.6 is 23.4 Å². The first-order valence-corrected chi connectivity index (χ1v) is 6.56. The van der Waals surface area contributed by atoms with Gasteiger partial charge in [0.25, 0.3) is 0 Å². The third kappa shape index (κ3) is 3.87. The maximum atomic E-state index is 13.6. The van der Waals surface area contributed by atoms with Crippen molar-refractivity contribution in [2.24, 2.45) is 5.73 Å². The van der Waals surface area contributed by atoms with E-state index in [4.69, 9.17) is 22.4 Å². The molecule has 0 saturated heterocycles. The van der Waals surface area contributed by atoms with E-state index >= 15 is 0 Å². The molecule has 0 saturated carbocycles. The van der Waals surface area contributed by atoms with Gasteiger partial charge in [-0.3, -0.25) is 4.79 Å². The zero-order valence-corrected chi connectivity index (χ0v) is 10.8. The lowest BCUT2D eigenvalue weighted by Crippen LogP contribution is -2.12. The Morgan fingerprint density at radius 2 is 2.29 bits per heavy atom. The number of aliphatic carboxylic acids is 1. The summed E-state index contributed by atoms with van der Waals surface area (Å²) in [6.07, 6.45) is 1.93. The molecule has 94 valence electrons. The average Bonchev–Trinajstić information content (AvgIpc) is 2.25. The van der Waals surface area contributed by atoms with Gasteiger partial charge in [0.15, 0.2) is 0 Å². The largest absolute Gasteiger partial charge is 0.481 e. The SMILES string of the molecule is CSc1c(F)cc(C(N)CCC(=O)O)cc1Cl. The molecule has 1 rings (SSSR count). The molecule has 3 N–H and O–H groups in total. The molecule has 1 aromatic carbocycles. The predicted molar refractivity (Wildman–Crippen MR) is 67.0 cm³/mol. The summed E-state index contributed by atoms with van der Waals surface area (Å²) in [6, 6.07) is 2.38. The van der Waals surface area contributed by atoms with Gasteiger partial charge in [-0.1, -0.05) is 11.6 Å². The van der Waals surface area contributed by atoms with E-state index in [1.54, 1.807) is 12.3 Å². The highest BCUT2D eigenvalue weighted by atomic mass is 35.5. The van der Waals surface area contributed by atoms with Crippen LogP contribution in [0.5, 0.6) is 0 Å². The summed E-state index contributed by atoms with van der Waals surface area (Å²) < 4.78 is 13.6. The smallest absolute Gasteiger partial charge is 0.303 e. The first-order chi connectivity index (χ1) is 7.95. The van der Waals surface area contributed by atoms with Crippen molar-refractivity contribution < 1.29 is 14.3 Å². The normalized spacial score (nSPS) is 12.5. The Balaban J connectivity index is 2.88. The van der Waals surface area contributed by atoms with Gasteiger partial charge in [-0.25, -0.2) is 4.39 Å². The van der Waals surface area contributed by atoms with E-state index in [0.717, 1.165) is 0 Å². The summed E-state index contributed by atoms with van der Waals surface area (Å²) in [5.41, 5.74) is 6.30. The molecule has 0 bridgehead atoms. The van der Waals surface area contributed by atoms with E-state index in [1.165, 1.54) is 17.8 Å². The summed E-state index contributed by atoms with van der Waals surface area (Å²) in [4.78, 5) is 10.8. The summed E-state index contributed by atoms with van der Waals surface area (Å²) in [7, 11) is 0. The molecule has 0 aliphatic heterocycles. The van der Waals surface area contributed by atoms with E-state index < -0.39 is 17.8 Å². The summed E-state index contributed by atoms with van der Waals surface area (Å²) in [5.74, 6) is -1.35. The molecule has 1 atom stereocenters. The fraction of sp³-hybridized carbons (Fsp3) is 0.364. The third-order valence-corrected chi connectivity index (χ3v) is 3.56. The molecule has 3 nitrogen and oxygen atoms in total. The van der Waals surface area contributed by atoms with Gasteiger partial charge in [0.2, 0.25) is 0 Å². The Bertz CT molecular complexity index is 405. The average molecular weight is 278 g/mol. The molecule has 0 aromatic heterocycles. The maximum absolute atomic E-state index is 13.6. The molecule has 1 unspecified atom stereocenters. The van der Waals surface area contributed by atoms with Crippen molar-refractivity contribution in [3.63, 3.8) is 0 Å². The Hall–Kier alpha value is -0.780. The van der Waals surface area contributed by atoms with E-state index in [1.807, 2.05) is 0 Å². The second-order valence-corrected chi connectivity index (χ2v) is 4.78. The van der Waals surface area contributed by atoms with Crippen LogP contribution in [0.3, 0.4) is 0 Å². The number of rotatable bonds is 5.